The Bertz CT molecular complexity index is 466. The van der Waals surface area contributed by atoms with Gasteiger partial charge in [-0.1, -0.05) is 0 Å². The standard InChI is InChI=1S/C10H8ClFOS/c1-13-9-4-8(12)6-2-3-14-10(6)7(9)5-11/h2-4H,5H2,1H3. The Morgan fingerprint density at radius 3 is 3.00 bits per heavy atom. The number of ether oxygens (including phenoxy) is 1. The van der Waals surface area contributed by atoms with Crippen molar-refractivity contribution in [3.63, 3.8) is 0 Å². The largest absolute Gasteiger partial charge is 0.496 e. The molecule has 74 valence electrons. The first-order valence-corrected chi connectivity index (χ1v) is 5.48. The zero-order valence-electron chi connectivity index (χ0n) is 7.51. The van der Waals surface area contributed by atoms with E-state index in [1.165, 1.54) is 24.5 Å². The normalized spacial score (nSPS) is 10.8. The molecule has 0 saturated heterocycles. The van der Waals surface area contributed by atoms with E-state index in [-0.39, 0.29) is 5.82 Å². The number of thiophene rings is 1. The van der Waals surface area contributed by atoms with Gasteiger partial charge in [0.2, 0.25) is 0 Å². The van der Waals surface area contributed by atoms with Crippen molar-refractivity contribution in [1.82, 2.24) is 0 Å². The highest BCUT2D eigenvalue weighted by Crippen LogP contribution is 2.34. The molecule has 0 aliphatic rings. The zero-order valence-corrected chi connectivity index (χ0v) is 9.08. The van der Waals surface area contributed by atoms with Gasteiger partial charge in [0.25, 0.3) is 0 Å². The molecule has 0 aliphatic heterocycles. The summed E-state index contributed by atoms with van der Waals surface area (Å²) in [5.41, 5.74) is 0.862. The molecule has 0 bridgehead atoms. The van der Waals surface area contributed by atoms with Gasteiger partial charge in [0.05, 0.1) is 13.0 Å². The van der Waals surface area contributed by atoms with Crippen molar-refractivity contribution < 1.29 is 9.13 Å². The lowest BCUT2D eigenvalue weighted by Gasteiger charge is -2.07. The van der Waals surface area contributed by atoms with Crippen molar-refractivity contribution in [3.8, 4) is 5.75 Å². The van der Waals surface area contributed by atoms with Crippen LogP contribution in [0.3, 0.4) is 0 Å². The fraction of sp³-hybridized carbons (Fsp3) is 0.200. The lowest BCUT2D eigenvalue weighted by molar-refractivity contribution is 0.409. The fourth-order valence-corrected chi connectivity index (χ4v) is 2.72. The molecule has 14 heavy (non-hydrogen) atoms. The summed E-state index contributed by atoms with van der Waals surface area (Å²) in [5.74, 6) is 0.597. The van der Waals surface area contributed by atoms with Gasteiger partial charge < -0.3 is 4.74 Å². The van der Waals surface area contributed by atoms with Crippen LogP contribution in [0.2, 0.25) is 0 Å². The number of methoxy groups -OCH3 is 1. The first-order valence-electron chi connectivity index (χ1n) is 4.06. The van der Waals surface area contributed by atoms with Gasteiger partial charge in [-0.3, -0.25) is 0 Å². The van der Waals surface area contributed by atoms with Crippen LogP contribution in [-0.4, -0.2) is 7.11 Å². The Balaban J connectivity index is 2.82. The molecule has 4 heteroatoms. The monoisotopic (exact) mass is 230 g/mol. The number of fused-ring (bicyclic) bond motifs is 1. The van der Waals surface area contributed by atoms with E-state index in [2.05, 4.69) is 0 Å². The number of hydrogen-bond donors (Lipinski definition) is 0. The number of alkyl halides is 1. The van der Waals surface area contributed by atoms with Crippen LogP contribution < -0.4 is 4.74 Å². The summed E-state index contributed by atoms with van der Waals surface area (Å²) in [6.07, 6.45) is 0. The first-order chi connectivity index (χ1) is 6.77. The molecule has 1 aromatic heterocycles. The zero-order chi connectivity index (χ0) is 10.1. The Kier molecular flexibility index (Phi) is 2.61. The molecular formula is C10H8ClFOS. The average Bonchev–Trinajstić information content (AvgIpc) is 2.66. The van der Waals surface area contributed by atoms with Crippen LogP contribution in [0.1, 0.15) is 5.56 Å². The average molecular weight is 231 g/mol. The van der Waals surface area contributed by atoms with Crippen LogP contribution in [0.4, 0.5) is 4.39 Å². The molecule has 0 fully saturated rings. The summed E-state index contributed by atoms with van der Waals surface area (Å²) in [6, 6.07) is 3.14. The molecule has 1 heterocycles. The third-order valence-electron chi connectivity index (χ3n) is 2.11. The van der Waals surface area contributed by atoms with Crippen molar-refractivity contribution >= 4 is 33.0 Å². The Labute approximate surface area is 90.1 Å². The van der Waals surface area contributed by atoms with Gasteiger partial charge in [0.1, 0.15) is 11.6 Å². The third kappa shape index (κ3) is 1.37. The molecule has 0 N–H and O–H groups in total. The number of rotatable bonds is 2. The van der Waals surface area contributed by atoms with Crippen LogP contribution in [0.5, 0.6) is 5.75 Å². The van der Waals surface area contributed by atoms with Crippen LogP contribution in [0.25, 0.3) is 10.1 Å². The van der Waals surface area contributed by atoms with E-state index in [9.17, 15) is 4.39 Å². The predicted octanol–water partition coefficient (Wildman–Crippen LogP) is 3.79. The highest BCUT2D eigenvalue weighted by atomic mass is 35.5. The van der Waals surface area contributed by atoms with E-state index in [0.717, 1.165) is 10.3 Å². The maximum Gasteiger partial charge on any atom is 0.135 e. The van der Waals surface area contributed by atoms with Crippen molar-refractivity contribution in [2.45, 2.75) is 5.88 Å². The molecule has 0 amide bonds. The van der Waals surface area contributed by atoms with Crippen LogP contribution in [-0.2, 0) is 5.88 Å². The molecule has 0 aliphatic carbocycles. The van der Waals surface area contributed by atoms with Crippen molar-refractivity contribution in [2.24, 2.45) is 0 Å². The minimum Gasteiger partial charge on any atom is -0.496 e. The summed E-state index contributed by atoms with van der Waals surface area (Å²) in [7, 11) is 1.52. The number of benzene rings is 1. The minimum absolute atomic E-state index is 0.257. The van der Waals surface area contributed by atoms with Gasteiger partial charge in [-0.05, 0) is 11.4 Å². The number of hydrogen-bond acceptors (Lipinski definition) is 2. The van der Waals surface area contributed by atoms with E-state index in [0.29, 0.717) is 17.0 Å². The molecule has 0 spiro atoms. The third-order valence-corrected chi connectivity index (χ3v) is 3.35. The molecule has 0 unspecified atom stereocenters. The molecule has 0 atom stereocenters. The summed E-state index contributed by atoms with van der Waals surface area (Å²) in [4.78, 5) is 0. The molecule has 1 nitrogen and oxygen atoms in total. The van der Waals surface area contributed by atoms with Crippen LogP contribution >= 0.6 is 22.9 Å². The Hall–Kier alpha value is -0.800. The van der Waals surface area contributed by atoms with E-state index in [4.69, 9.17) is 16.3 Å². The summed E-state index contributed by atoms with van der Waals surface area (Å²) in [5, 5.41) is 2.47. The van der Waals surface area contributed by atoms with Gasteiger partial charge >= 0.3 is 0 Å². The number of halogens is 2. The maximum atomic E-state index is 13.5. The topological polar surface area (TPSA) is 9.23 Å². The highest BCUT2D eigenvalue weighted by molar-refractivity contribution is 7.17. The lowest BCUT2D eigenvalue weighted by atomic mass is 10.1. The summed E-state index contributed by atoms with van der Waals surface area (Å²) < 4.78 is 19.4. The Morgan fingerprint density at radius 2 is 2.36 bits per heavy atom. The maximum absolute atomic E-state index is 13.5. The van der Waals surface area contributed by atoms with E-state index in [1.807, 2.05) is 5.38 Å². The smallest absolute Gasteiger partial charge is 0.135 e. The highest BCUT2D eigenvalue weighted by Gasteiger charge is 2.12. The second-order valence-electron chi connectivity index (χ2n) is 2.84. The summed E-state index contributed by atoms with van der Waals surface area (Å²) in [6.45, 7) is 0. The SMILES string of the molecule is COc1cc(F)c2ccsc2c1CCl. The van der Waals surface area contributed by atoms with Crippen molar-refractivity contribution in [3.05, 3.63) is 28.9 Å². The van der Waals surface area contributed by atoms with Gasteiger partial charge in [0.15, 0.2) is 0 Å². The second-order valence-corrected chi connectivity index (χ2v) is 4.02. The minimum atomic E-state index is -0.257. The molecule has 1 aromatic carbocycles. The second kappa shape index (κ2) is 3.75. The first kappa shape index (κ1) is 9.74. The van der Waals surface area contributed by atoms with Gasteiger partial charge in [-0.2, -0.15) is 0 Å². The summed E-state index contributed by atoms with van der Waals surface area (Å²) >= 11 is 7.28. The van der Waals surface area contributed by atoms with E-state index in [1.54, 1.807) is 6.07 Å². The molecule has 0 radical (unpaired) electrons. The van der Waals surface area contributed by atoms with Gasteiger partial charge in [-0.15, -0.1) is 22.9 Å². The molecule has 0 saturated carbocycles. The van der Waals surface area contributed by atoms with Crippen LogP contribution in [0, 0.1) is 5.82 Å². The van der Waals surface area contributed by atoms with Crippen molar-refractivity contribution in [2.75, 3.05) is 7.11 Å². The predicted molar refractivity (Wildman–Crippen MR) is 57.9 cm³/mol. The van der Waals surface area contributed by atoms with E-state index < -0.39 is 0 Å². The fourth-order valence-electron chi connectivity index (χ4n) is 1.43. The molecule has 2 aromatic rings. The molecular weight excluding hydrogens is 223 g/mol. The van der Waals surface area contributed by atoms with Crippen LogP contribution in [0.15, 0.2) is 17.5 Å². The molecule has 2 rings (SSSR count). The van der Waals surface area contributed by atoms with Crippen molar-refractivity contribution in [1.29, 1.82) is 0 Å². The van der Waals surface area contributed by atoms with Gasteiger partial charge in [-0.25, -0.2) is 4.39 Å². The Morgan fingerprint density at radius 1 is 1.57 bits per heavy atom. The lowest BCUT2D eigenvalue weighted by Crippen LogP contribution is -1.91. The van der Waals surface area contributed by atoms with Gasteiger partial charge in [0, 0.05) is 21.7 Å². The van der Waals surface area contributed by atoms with E-state index >= 15 is 0 Å². The quantitative estimate of drug-likeness (QED) is 0.714.